The lowest BCUT2D eigenvalue weighted by Gasteiger charge is -2.11. The fourth-order valence-electron chi connectivity index (χ4n) is 1.10. The first kappa shape index (κ1) is 12.5. The van der Waals surface area contributed by atoms with Crippen LogP contribution in [0, 0.1) is 21.4 Å². The monoisotopic (exact) mass is 284 g/mol. The normalized spacial score (nSPS) is 11.6. The Balaban J connectivity index is 3.11. The van der Waals surface area contributed by atoms with Crippen molar-refractivity contribution in [3.8, 4) is 11.8 Å². The molecule has 0 amide bonds. The maximum Gasteiger partial charge on any atom is 0.312 e. The zero-order chi connectivity index (χ0) is 12.1. The molecule has 1 unspecified atom stereocenters. The molecule has 16 heavy (non-hydrogen) atoms. The number of hydrogen-bond acceptors (Lipinski definition) is 4. The van der Waals surface area contributed by atoms with Crippen molar-refractivity contribution in [3.05, 3.63) is 32.8 Å². The summed E-state index contributed by atoms with van der Waals surface area (Å²) in [5.74, 6) is 0.0981. The Morgan fingerprint density at radius 3 is 2.88 bits per heavy atom. The summed E-state index contributed by atoms with van der Waals surface area (Å²) >= 11 is 3.16. The zero-order valence-electron chi connectivity index (χ0n) is 8.51. The Morgan fingerprint density at radius 1 is 1.69 bits per heavy atom. The maximum atomic E-state index is 10.8. The number of halogens is 1. The number of nitriles is 1. The Bertz CT molecular complexity index is 442. The van der Waals surface area contributed by atoms with E-state index in [-0.39, 0.29) is 11.4 Å². The highest BCUT2D eigenvalue weighted by molar-refractivity contribution is 9.10. The lowest BCUT2D eigenvalue weighted by molar-refractivity contribution is -0.386. The molecular weight excluding hydrogens is 276 g/mol. The van der Waals surface area contributed by atoms with E-state index in [1.165, 1.54) is 6.07 Å². The summed E-state index contributed by atoms with van der Waals surface area (Å²) in [6, 6.07) is 6.44. The summed E-state index contributed by atoms with van der Waals surface area (Å²) < 4.78 is 5.75. The number of rotatable bonds is 4. The molecule has 84 valence electrons. The number of nitrogens with zero attached hydrogens (tertiary/aromatic N) is 2. The van der Waals surface area contributed by atoms with Crippen LogP contribution >= 0.6 is 15.9 Å². The van der Waals surface area contributed by atoms with E-state index < -0.39 is 11.0 Å². The van der Waals surface area contributed by atoms with Crippen LogP contribution in [0.25, 0.3) is 0 Å². The Hall–Kier alpha value is -1.61. The van der Waals surface area contributed by atoms with Crippen LogP contribution in [0.15, 0.2) is 22.7 Å². The third kappa shape index (κ3) is 2.70. The third-order valence-corrected chi connectivity index (χ3v) is 2.54. The minimum absolute atomic E-state index is 0.0981. The van der Waals surface area contributed by atoms with Gasteiger partial charge < -0.3 is 4.74 Å². The minimum Gasteiger partial charge on any atom is -0.467 e. The third-order valence-electron chi connectivity index (χ3n) is 1.92. The molecule has 1 aromatic rings. The van der Waals surface area contributed by atoms with Crippen LogP contribution in [0.5, 0.6) is 5.75 Å². The van der Waals surface area contributed by atoms with Gasteiger partial charge in [0, 0.05) is 6.07 Å². The summed E-state index contributed by atoms with van der Waals surface area (Å²) in [7, 11) is 0. The summed E-state index contributed by atoms with van der Waals surface area (Å²) in [6.45, 7) is 1.77. The van der Waals surface area contributed by atoms with Gasteiger partial charge in [-0.05, 0) is 28.4 Å². The van der Waals surface area contributed by atoms with Gasteiger partial charge in [0.1, 0.15) is 6.07 Å². The first-order chi connectivity index (χ1) is 7.60. The van der Waals surface area contributed by atoms with Gasteiger partial charge in [0.05, 0.1) is 9.40 Å². The van der Waals surface area contributed by atoms with Crippen molar-refractivity contribution >= 4 is 21.6 Å². The van der Waals surface area contributed by atoms with Crippen LogP contribution in [-0.2, 0) is 0 Å². The van der Waals surface area contributed by atoms with Crippen molar-refractivity contribution in [2.75, 3.05) is 0 Å². The molecule has 0 fully saturated rings. The molecule has 0 heterocycles. The molecule has 1 rings (SSSR count). The second-order valence-corrected chi connectivity index (χ2v) is 3.84. The van der Waals surface area contributed by atoms with E-state index >= 15 is 0 Å². The number of nitro benzene ring substituents is 1. The van der Waals surface area contributed by atoms with Crippen molar-refractivity contribution in [2.24, 2.45) is 0 Å². The van der Waals surface area contributed by atoms with Crippen molar-refractivity contribution in [1.82, 2.24) is 0 Å². The molecule has 0 aromatic heterocycles. The molecule has 0 aliphatic rings. The van der Waals surface area contributed by atoms with E-state index in [0.717, 1.165) is 0 Å². The second kappa shape index (κ2) is 5.47. The Labute approximate surface area is 101 Å². The van der Waals surface area contributed by atoms with Gasteiger partial charge in [0.15, 0.2) is 6.10 Å². The predicted molar refractivity (Wildman–Crippen MR) is 61.1 cm³/mol. The number of benzene rings is 1. The predicted octanol–water partition coefficient (Wildman–Crippen LogP) is 3.04. The van der Waals surface area contributed by atoms with Crippen molar-refractivity contribution in [2.45, 2.75) is 19.4 Å². The van der Waals surface area contributed by atoms with E-state index in [0.29, 0.717) is 10.9 Å². The molecule has 0 saturated carbocycles. The molecule has 5 nitrogen and oxygen atoms in total. The Kier molecular flexibility index (Phi) is 4.26. The fourth-order valence-corrected chi connectivity index (χ4v) is 1.55. The van der Waals surface area contributed by atoms with Gasteiger partial charge in [-0.1, -0.05) is 13.0 Å². The highest BCUT2D eigenvalue weighted by Gasteiger charge is 2.20. The zero-order valence-corrected chi connectivity index (χ0v) is 10.1. The molecular formula is C10H9BrN2O3. The molecule has 0 aliphatic carbocycles. The van der Waals surface area contributed by atoms with Gasteiger partial charge in [-0.3, -0.25) is 10.1 Å². The summed E-state index contributed by atoms with van der Waals surface area (Å²) in [6.07, 6.45) is -0.216. The number of para-hydroxylation sites is 1. The van der Waals surface area contributed by atoms with Crippen LogP contribution in [0.2, 0.25) is 0 Å². The van der Waals surface area contributed by atoms with Gasteiger partial charge in [0.25, 0.3) is 0 Å². The van der Waals surface area contributed by atoms with Crippen LogP contribution in [0.4, 0.5) is 5.69 Å². The van der Waals surface area contributed by atoms with Crippen molar-refractivity contribution < 1.29 is 9.66 Å². The summed E-state index contributed by atoms with van der Waals surface area (Å²) in [4.78, 5) is 10.2. The maximum absolute atomic E-state index is 10.8. The van der Waals surface area contributed by atoms with Crippen molar-refractivity contribution in [1.29, 1.82) is 5.26 Å². The van der Waals surface area contributed by atoms with E-state index in [2.05, 4.69) is 15.9 Å². The number of nitro groups is 1. The van der Waals surface area contributed by atoms with E-state index in [1.54, 1.807) is 19.1 Å². The molecule has 0 aliphatic heterocycles. The first-order valence-electron chi connectivity index (χ1n) is 4.59. The first-order valence-corrected chi connectivity index (χ1v) is 5.38. The molecule has 0 radical (unpaired) electrons. The van der Waals surface area contributed by atoms with E-state index in [9.17, 15) is 10.1 Å². The second-order valence-electron chi connectivity index (χ2n) is 2.99. The molecule has 0 N–H and O–H groups in total. The topological polar surface area (TPSA) is 76.2 Å². The smallest absolute Gasteiger partial charge is 0.312 e. The average Bonchev–Trinajstić information content (AvgIpc) is 2.27. The fraction of sp³-hybridized carbons (Fsp3) is 0.300. The lowest BCUT2D eigenvalue weighted by atomic mass is 10.2. The average molecular weight is 285 g/mol. The van der Waals surface area contributed by atoms with Gasteiger partial charge in [-0.15, -0.1) is 0 Å². The quantitative estimate of drug-likeness (QED) is 0.629. The molecule has 1 atom stereocenters. The molecule has 0 spiro atoms. The molecule has 6 heteroatoms. The van der Waals surface area contributed by atoms with Gasteiger partial charge >= 0.3 is 5.69 Å². The van der Waals surface area contributed by atoms with Crippen LogP contribution in [0.3, 0.4) is 0 Å². The molecule has 0 saturated heterocycles. The van der Waals surface area contributed by atoms with Gasteiger partial charge in [-0.2, -0.15) is 5.26 Å². The van der Waals surface area contributed by atoms with Gasteiger partial charge in [0.2, 0.25) is 5.75 Å². The van der Waals surface area contributed by atoms with E-state index in [4.69, 9.17) is 10.00 Å². The van der Waals surface area contributed by atoms with Crippen LogP contribution in [-0.4, -0.2) is 11.0 Å². The van der Waals surface area contributed by atoms with Crippen LogP contribution in [0.1, 0.15) is 13.3 Å². The number of ether oxygens (including phenoxy) is 1. The SMILES string of the molecule is CCC(C#N)Oc1c(Br)cccc1[N+](=O)[O-]. The molecule has 1 aromatic carbocycles. The largest absolute Gasteiger partial charge is 0.467 e. The Morgan fingerprint density at radius 2 is 2.38 bits per heavy atom. The lowest BCUT2D eigenvalue weighted by Crippen LogP contribution is -2.13. The highest BCUT2D eigenvalue weighted by atomic mass is 79.9. The summed E-state index contributed by atoms with van der Waals surface area (Å²) in [5.41, 5.74) is -0.150. The standard InChI is InChI=1S/C10H9BrN2O3/c1-2-7(6-12)16-10-8(11)4-3-5-9(10)13(14)15/h3-5,7H,2H2,1H3. The van der Waals surface area contributed by atoms with Crippen molar-refractivity contribution in [3.63, 3.8) is 0 Å². The highest BCUT2D eigenvalue weighted by Crippen LogP contribution is 2.35. The van der Waals surface area contributed by atoms with Gasteiger partial charge in [-0.25, -0.2) is 0 Å². The summed E-state index contributed by atoms with van der Waals surface area (Å²) in [5, 5.41) is 19.5. The number of hydrogen-bond donors (Lipinski definition) is 0. The van der Waals surface area contributed by atoms with E-state index in [1.807, 2.05) is 6.07 Å². The molecule has 0 bridgehead atoms. The minimum atomic E-state index is -0.683. The van der Waals surface area contributed by atoms with Crippen LogP contribution < -0.4 is 4.74 Å².